The van der Waals surface area contributed by atoms with E-state index in [2.05, 4.69) is 20.4 Å². The van der Waals surface area contributed by atoms with Gasteiger partial charge in [-0.3, -0.25) is 9.69 Å². The van der Waals surface area contributed by atoms with Crippen molar-refractivity contribution in [2.24, 2.45) is 4.99 Å². The molecule has 1 fully saturated rings. The molecule has 1 amide bonds. The lowest BCUT2D eigenvalue weighted by atomic mass is 10.1. The molecule has 1 N–H and O–H groups in total. The molecule has 0 unspecified atom stereocenters. The van der Waals surface area contributed by atoms with Crippen LogP contribution in [0.3, 0.4) is 0 Å². The van der Waals surface area contributed by atoms with E-state index in [0.29, 0.717) is 35.4 Å². The third kappa shape index (κ3) is 6.63. The lowest BCUT2D eigenvalue weighted by molar-refractivity contribution is -0.137. The lowest BCUT2D eigenvalue weighted by Crippen LogP contribution is -2.32. The van der Waals surface area contributed by atoms with Gasteiger partial charge in [-0.15, -0.1) is 5.10 Å². The van der Waals surface area contributed by atoms with Crippen molar-refractivity contribution in [2.75, 3.05) is 24.3 Å². The third-order valence-corrected chi connectivity index (χ3v) is 7.62. The van der Waals surface area contributed by atoms with Gasteiger partial charge in [-0.2, -0.15) is 18.2 Å². The van der Waals surface area contributed by atoms with E-state index in [1.807, 2.05) is 43.3 Å². The standard InChI is InChI=1S/C29H25F3N6O2S2/c1-18-15-23(40-2)11-12-24(18)38-25(39)16-42-28(38)35-27(41)33-14-13-19-3-5-20(6-4-19)26-34-17-37(36-26)22-9-7-21(8-10-22)29(30,31)32/h3-12,15,17H,13-14,16H2,1-2H3,(H,33,41). The maximum absolute atomic E-state index is 12.8. The Balaban J connectivity index is 1.17. The Hall–Kier alpha value is -4.23. The monoisotopic (exact) mass is 610 g/mol. The number of thioether (sulfide) groups is 1. The first-order valence-electron chi connectivity index (χ1n) is 12.8. The molecule has 0 saturated carbocycles. The molecule has 1 aliphatic heterocycles. The topological polar surface area (TPSA) is 84.6 Å². The quantitative estimate of drug-likeness (QED) is 0.264. The van der Waals surface area contributed by atoms with Gasteiger partial charge in [0.15, 0.2) is 16.1 Å². The van der Waals surface area contributed by atoms with Crippen molar-refractivity contribution in [2.45, 2.75) is 19.5 Å². The Morgan fingerprint density at radius 3 is 2.52 bits per heavy atom. The van der Waals surface area contributed by atoms with Gasteiger partial charge in [0.05, 0.1) is 29.8 Å². The number of nitrogens with one attached hydrogen (secondary N) is 1. The number of amidine groups is 1. The highest BCUT2D eigenvalue weighted by molar-refractivity contribution is 8.15. The fourth-order valence-electron chi connectivity index (χ4n) is 4.27. The predicted molar refractivity (Wildman–Crippen MR) is 161 cm³/mol. The summed E-state index contributed by atoms with van der Waals surface area (Å²) in [6.45, 7) is 2.45. The molecule has 0 aliphatic carbocycles. The van der Waals surface area contributed by atoms with Gasteiger partial charge in [0.1, 0.15) is 12.1 Å². The van der Waals surface area contributed by atoms with Gasteiger partial charge in [-0.25, -0.2) is 9.67 Å². The molecule has 2 heterocycles. The first kappa shape index (κ1) is 29.3. The number of ether oxygens (including phenoxy) is 1. The molecule has 0 atom stereocenters. The van der Waals surface area contributed by atoms with Crippen molar-refractivity contribution in [3.05, 3.63) is 89.7 Å². The summed E-state index contributed by atoms with van der Waals surface area (Å²) in [5, 5.41) is 8.35. The van der Waals surface area contributed by atoms with Crippen LogP contribution in [0.1, 0.15) is 16.7 Å². The number of aryl methyl sites for hydroxylation is 1. The normalized spacial score (nSPS) is 14.5. The zero-order chi connectivity index (χ0) is 29.9. The van der Waals surface area contributed by atoms with Gasteiger partial charge in [-0.05, 0) is 79.2 Å². The molecular weight excluding hydrogens is 585 g/mol. The predicted octanol–water partition coefficient (Wildman–Crippen LogP) is 5.82. The highest BCUT2D eigenvalue weighted by Crippen LogP contribution is 2.32. The molecule has 13 heteroatoms. The number of alkyl halides is 3. The van der Waals surface area contributed by atoms with E-state index < -0.39 is 11.7 Å². The number of aliphatic imine (C=N–C) groups is 1. The van der Waals surface area contributed by atoms with Crippen LogP contribution >= 0.6 is 24.0 Å². The average Bonchev–Trinajstić information content (AvgIpc) is 3.60. The molecule has 1 saturated heterocycles. The van der Waals surface area contributed by atoms with E-state index >= 15 is 0 Å². The SMILES string of the molecule is COc1ccc(N2C(=O)CSC2=NC(=S)NCCc2ccc(-c3ncn(-c4ccc(C(F)(F)F)cc4)n3)cc2)c(C)c1. The van der Waals surface area contributed by atoms with Crippen molar-refractivity contribution >= 4 is 45.9 Å². The number of carbonyl (C=O) groups excluding carboxylic acids is 1. The Kier molecular flexibility index (Phi) is 8.59. The molecule has 42 heavy (non-hydrogen) atoms. The minimum atomic E-state index is -4.39. The number of anilines is 1. The van der Waals surface area contributed by atoms with Crippen LogP contribution in [0, 0.1) is 6.92 Å². The van der Waals surface area contributed by atoms with Crippen LogP contribution in [-0.4, -0.2) is 50.4 Å². The smallest absolute Gasteiger partial charge is 0.416 e. The summed E-state index contributed by atoms with van der Waals surface area (Å²) in [5.41, 5.74) is 3.21. The summed E-state index contributed by atoms with van der Waals surface area (Å²) < 4.78 is 45.2. The Morgan fingerprint density at radius 2 is 1.86 bits per heavy atom. The van der Waals surface area contributed by atoms with Crippen LogP contribution in [0.5, 0.6) is 5.75 Å². The molecule has 1 aliphatic rings. The number of halogens is 3. The second-order valence-corrected chi connectivity index (χ2v) is 10.6. The van der Waals surface area contributed by atoms with E-state index in [1.54, 1.807) is 18.1 Å². The first-order chi connectivity index (χ1) is 20.1. The van der Waals surface area contributed by atoms with Gasteiger partial charge in [0, 0.05) is 12.1 Å². The number of rotatable bonds is 7. The summed E-state index contributed by atoms with van der Waals surface area (Å²) in [4.78, 5) is 23.0. The van der Waals surface area contributed by atoms with Crippen molar-refractivity contribution in [1.82, 2.24) is 20.1 Å². The largest absolute Gasteiger partial charge is 0.497 e. The molecule has 4 aromatic rings. The van der Waals surface area contributed by atoms with Crippen LogP contribution < -0.4 is 15.0 Å². The molecule has 8 nitrogen and oxygen atoms in total. The number of methoxy groups -OCH3 is 1. The van der Waals surface area contributed by atoms with Crippen molar-refractivity contribution in [1.29, 1.82) is 0 Å². The van der Waals surface area contributed by atoms with Crippen LogP contribution in [0.15, 0.2) is 78.0 Å². The number of hydrogen-bond donors (Lipinski definition) is 1. The zero-order valence-electron chi connectivity index (χ0n) is 22.6. The molecule has 3 aromatic carbocycles. The minimum Gasteiger partial charge on any atom is -0.497 e. The van der Waals surface area contributed by atoms with Crippen LogP contribution in [0.25, 0.3) is 17.1 Å². The molecule has 0 spiro atoms. The van der Waals surface area contributed by atoms with E-state index in [0.717, 1.165) is 34.5 Å². The number of nitrogens with zero attached hydrogens (tertiary/aromatic N) is 5. The van der Waals surface area contributed by atoms with Gasteiger partial charge in [0.2, 0.25) is 5.91 Å². The van der Waals surface area contributed by atoms with E-state index in [-0.39, 0.29) is 16.8 Å². The summed E-state index contributed by atoms with van der Waals surface area (Å²) in [6.07, 6.45) is -2.26. The van der Waals surface area contributed by atoms with E-state index in [1.165, 1.54) is 34.9 Å². The molecular formula is C29H25F3N6O2S2. The van der Waals surface area contributed by atoms with Gasteiger partial charge in [0.25, 0.3) is 0 Å². The second kappa shape index (κ2) is 12.3. The second-order valence-electron chi connectivity index (χ2n) is 9.30. The number of benzene rings is 3. The average molecular weight is 611 g/mol. The third-order valence-electron chi connectivity index (χ3n) is 6.46. The highest BCUT2D eigenvalue weighted by Gasteiger charge is 2.31. The minimum absolute atomic E-state index is 0.0615. The molecule has 5 rings (SSSR count). The fourth-order valence-corrected chi connectivity index (χ4v) is 5.38. The van der Waals surface area contributed by atoms with E-state index in [4.69, 9.17) is 17.0 Å². The summed E-state index contributed by atoms with van der Waals surface area (Å²) in [7, 11) is 1.60. The highest BCUT2D eigenvalue weighted by atomic mass is 32.2. The maximum atomic E-state index is 12.8. The number of amides is 1. The molecule has 216 valence electrons. The van der Waals surface area contributed by atoms with Gasteiger partial charge in [-0.1, -0.05) is 36.0 Å². The van der Waals surface area contributed by atoms with Crippen molar-refractivity contribution < 1.29 is 22.7 Å². The number of hydrogen-bond acceptors (Lipinski definition) is 6. The Labute approximate surface area is 249 Å². The number of aromatic nitrogens is 3. The van der Waals surface area contributed by atoms with Crippen LogP contribution in [0.2, 0.25) is 0 Å². The van der Waals surface area contributed by atoms with Crippen molar-refractivity contribution in [3.63, 3.8) is 0 Å². The Morgan fingerprint density at radius 1 is 1.12 bits per heavy atom. The molecule has 0 radical (unpaired) electrons. The Bertz CT molecular complexity index is 1640. The molecule has 0 bridgehead atoms. The van der Waals surface area contributed by atoms with Crippen molar-refractivity contribution in [3.8, 4) is 22.8 Å². The van der Waals surface area contributed by atoms with Crippen LogP contribution in [0.4, 0.5) is 18.9 Å². The maximum Gasteiger partial charge on any atom is 0.416 e. The summed E-state index contributed by atoms with van der Waals surface area (Å²) in [6, 6.07) is 17.9. The van der Waals surface area contributed by atoms with E-state index in [9.17, 15) is 18.0 Å². The first-order valence-corrected chi connectivity index (χ1v) is 14.2. The number of carbonyl (C=O) groups is 1. The van der Waals surface area contributed by atoms with Gasteiger partial charge < -0.3 is 10.1 Å². The summed E-state index contributed by atoms with van der Waals surface area (Å²) in [5.74, 6) is 1.39. The van der Waals surface area contributed by atoms with Crippen LogP contribution in [-0.2, 0) is 17.4 Å². The zero-order valence-corrected chi connectivity index (χ0v) is 24.2. The summed E-state index contributed by atoms with van der Waals surface area (Å²) >= 11 is 6.77. The number of thiocarbonyl (C=S) groups is 1. The lowest BCUT2D eigenvalue weighted by Gasteiger charge is -2.19. The molecule has 1 aromatic heterocycles. The fraction of sp³-hybridized carbons (Fsp3) is 0.207. The van der Waals surface area contributed by atoms with Gasteiger partial charge >= 0.3 is 6.18 Å².